The Balaban J connectivity index is 1.49. The highest BCUT2D eigenvalue weighted by molar-refractivity contribution is 6.31. The van der Waals surface area contributed by atoms with Gasteiger partial charge in [0, 0.05) is 30.1 Å². The molecule has 1 aromatic heterocycles. The number of nitrogens with one attached hydrogen (secondary N) is 2. The van der Waals surface area contributed by atoms with E-state index in [2.05, 4.69) is 34.0 Å². The Hall–Kier alpha value is -1.59. The lowest BCUT2D eigenvalue weighted by Crippen LogP contribution is -2.48. The molecule has 0 radical (unpaired) electrons. The van der Waals surface area contributed by atoms with Crippen molar-refractivity contribution in [3.05, 3.63) is 29.0 Å². The summed E-state index contributed by atoms with van der Waals surface area (Å²) in [6, 6.07) is 6.57. The molecule has 2 atom stereocenters. The van der Waals surface area contributed by atoms with Gasteiger partial charge in [-0.1, -0.05) is 18.0 Å². The summed E-state index contributed by atoms with van der Waals surface area (Å²) < 4.78 is 0. The largest absolute Gasteiger partial charge is 0.355 e. The van der Waals surface area contributed by atoms with E-state index in [4.69, 9.17) is 11.6 Å². The zero-order chi connectivity index (χ0) is 17.1. The number of carbonyl (C=O) groups excluding carboxylic acids is 1. The molecule has 130 valence electrons. The zero-order valence-electron chi connectivity index (χ0n) is 14.3. The highest BCUT2D eigenvalue weighted by Gasteiger charge is 2.26. The van der Waals surface area contributed by atoms with Crippen molar-refractivity contribution in [3.63, 3.8) is 0 Å². The molecule has 1 saturated heterocycles. The van der Waals surface area contributed by atoms with Crippen LogP contribution in [0.15, 0.2) is 18.2 Å². The first-order valence-corrected chi connectivity index (χ1v) is 9.07. The molecule has 0 aliphatic carbocycles. The highest BCUT2D eigenvalue weighted by atomic mass is 35.5. The van der Waals surface area contributed by atoms with E-state index in [1.165, 1.54) is 19.3 Å². The SMILES string of the molecule is C[C@@H]1CCC[C@H](C)N1CC(=O)NCCc1nc2ccc(Cl)cc2[nH]1. The number of nitrogens with zero attached hydrogens (tertiary/aromatic N) is 2. The predicted molar refractivity (Wildman–Crippen MR) is 97.3 cm³/mol. The van der Waals surface area contributed by atoms with Gasteiger partial charge in [0.2, 0.25) is 5.91 Å². The number of aromatic nitrogens is 2. The first-order valence-electron chi connectivity index (χ1n) is 8.69. The molecule has 1 fully saturated rings. The van der Waals surface area contributed by atoms with E-state index in [0.717, 1.165) is 16.9 Å². The van der Waals surface area contributed by atoms with Gasteiger partial charge in [-0.3, -0.25) is 9.69 Å². The Morgan fingerprint density at radius 3 is 2.88 bits per heavy atom. The number of H-pyrrole nitrogens is 1. The van der Waals surface area contributed by atoms with Crippen molar-refractivity contribution >= 4 is 28.5 Å². The van der Waals surface area contributed by atoms with Gasteiger partial charge >= 0.3 is 0 Å². The lowest BCUT2D eigenvalue weighted by Gasteiger charge is -2.38. The number of piperidine rings is 1. The summed E-state index contributed by atoms with van der Waals surface area (Å²) in [5, 5.41) is 3.70. The van der Waals surface area contributed by atoms with Crippen molar-refractivity contribution in [2.24, 2.45) is 0 Å². The number of likely N-dealkylation sites (tertiary alicyclic amines) is 1. The summed E-state index contributed by atoms with van der Waals surface area (Å²) in [6.45, 7) is 5.49. The second-order valence-electron chi connectivity index (χ2n) is 6.75. The molecule has 1 aliphatic rings. The summed E-state index contributed by atoms with van der Waals surface area (Å²) in [5.41, 5.74) is 1.83. The molecule has 6 heteroatoms. The first-order chi connectivity index (χ1) is 11.5. The fraction of sp³-hybridized carbons (Fsp3) is 0.556. The Bertz CT molecular complexity index is 704. The molecule has 0 unspecified atom stereocenters. The first kappa shape index (κ1) is 17.2. The maximum absolute atomic E-state index is 12.2. The highest BCUT2D eigenvalue weighted by Crippen LogP contribution is 2.21. The van der Waals surface area contributed by atoms with E-state index in [1.54, 1.807) is 0 Å². The van der Waals surface area contributed by atoms with Crippen LogP contribution in [0, 0.1) is 0 Å². The fourth-order valence-corrected chi connectivity index (χ4v) is 3.65. The minimum atomic E-state index is 0.0924. The van der Waals surface area contributed by atoms with Crippen LogP contribution in [0.5, 0.6) is 0 Å². The molecule has 1 aliphatic heterocycles. The van der Waals surface area contributed by atoms with Gasteiger partial charge in [-0.2, -0.15) is 0 Å². The monoisotopic (exact) mass is 348 g/mol. The normalized spacial score (nSPS) is 22.0. The number of aromatic amines is 1. The van der Waals surface area contributed by atoms with Crippen molar-refractivity contribution in [2.75, 3.05) is 13.1 Å². The van der Waals surface area contributed by atoms with Gasteiger partial charge in [0.1, 0.15) is 5.82 Å². The van der Waals surface area contributed by atoms with Gasteiger partial charge in [0.05, 0.1) is 17.6 Å². The van der Waals surface area contributed by atoms with Crippen LogP contribution in [0.4, 0.5) is 0 Å². The average Bonchev–Trinajstić information content (AvgIpc) is 2.93. The Kier molecular flexibility index (Phi) is 5.41. The molecule has 5 nitrogen and oxygen atoms in total. The van der Waals surface area contributed by atoms with Crippen molar-refractivity contribution in [1.82, 2.24) is 20.2 Å². The molecule has 0 bridgehead atoms. The zero-order valence-corrected chi connectivity index (χ0v) is 15.1. The topological polar surface area (TPSA) is 61.0 Å². The third-order valence-corrected chi connectivity index (χ3v) is 5.11. The van der Waals surface area contributed by atoms with Gasteiger partial charge < -0.3 is 10.3 Å². The van der Waals surface area contributed by atoms with E-state index in [0.29, 0.717) is 36.6 Å². The molecule has 24 heavy (non-hydrogen) atoms. The Labute approximate surface area is 147 Å². The molecule has 0 saturated carbocycles. The number of carbonyl (C=O) groups is 1. The molecule has 0 spiro atoms. The van der Waals surface area contributed by atoms with Crippen LogP contribution in [0.25, 0.3) is 11.0 Å². The Morgan fingerprint density at radius 2 is 2.12 bits per heavy atom. The number of hydrogen-bond donors (Lipinski definition) is 2. The quantitative estimate of drug-likeness (QED) is 0.872. The van der Waals surface area contributed by atoms with Crippen molar-refractivity contribution < 1.29 is 4.79 Å². The van der Waals surface area contributed by atoms with E-state index < -0.39 is 0 Å². The molecular formula is C18H25ClN4O. The lowest BCUT2D eigenvalue weighted by atomic mass is 9.97. The lowest BCUT2D eigenvalue weighted by molar-refractivity contribution is -0.123. The van der Waals surface area contributed by atoms with Crippen LogP contribution >= 0.6 is 11.6 Å². The summed E-state index contributed by atoms with van der Waals surface area (Å²) >= 11 is 5.98. The third-order valence-electron chi connectivity index (χ3n) is 4.88. The van der Waals surface area contributed by atoms with E-state index in [1.807, 2.05) is 18.2 Å². The smallest absolute Gasteiger partial charge is 0.234 e. The standard InChI is InChI=1S/C18H25ClN4O/c1-12-4-3-5-13(2)23(12)11-18(24)20-9-8-17-21-15-7-6-14(19)10-16(15)22-17/h6-7,10,12-13H,3-5,8-9,11H2,1-2H3,(H,20,24)(H,21,22)/t12-,13+. The average molecular weight is 349 g/mol. The van der Waals surface area contributed by atoms with Crippen LogP contribution in [0.1, 0.15) is 38.9 Å². The maximum atomic E-state index is 12.2. The molecule has 2 aromatic rings. The number of fused-ring (bicyclic) bond motifs is 1. The molecular weight excluding hydrogens is 324 g/mol. The number of halogens is 1. The van der Waals surface area contributed by atoms with Crippen LogP contribution in [0.2, 0.25) is 5.02 Å². The van der Waals surface area contributed by atoms with Crippen molar-refractivity contribution in [3.8, 4) is 0 Å². The number of amides is 1. The van der Waals surface area contributed by atoms with Crippen LogP contribution in [-0.4, -0.2) is 45.9 Å². The number of benzene rings is 1. The van der Waals surface area contributed by atoms with Gasteiger partial charge in [-0.15, -0.1) is 0 Å². The predicted octanol–water partition coefficient (Wildman–Crippen LogP) is 3.14. The number of imidazole rings is 1. The van der Waals surface area contributed by atoms with Crippen LogP contribution in [0.3, 0.4) is 0 Å². The van der Waals surface area contributed by atoms with Crippen molar-refractivity contribution in [1.29, 1.82) is 0 Å². The number of rotatable bonds is 5. The van der Waals surface area contributed by atoms with Gasteiger partial charge in [-0.05, 0) is 44.9 Å². The molecule has 2 N–H and O–H groups in total. The van der Waals surface area contributed by atoms with E-state index in [9.17, 15) is 4.79 Å². The third kappa shape index (κ3) is 4.08. The van der Waals surface area contributed by atoms with E-state index >= 15 is 0 Å². The maximum Gasteiger partial charge on any atom is 0.234 e. The van der Waals surface area contributed by atoms with Gasteiger partial charge in [-0.25, -0.2) is 4.98 Å². The Morgan fingerprint density at radius 1 is 1.38 bits per heavy atom. The van der Waals surface area contributed by atoms with Crippen LogP contribution in [-0.2, 0) is 11.2 Å². The van der Waals surface area contributed by atoms with E-state index in [-0.39, 0.29) is 5.91 Å². The fourth-order valence-electron chi connectivity index (χ4n) is 3.48. The molecule has 1 amide bonds. The summed E-state index contributed by atoms with van der Waals surface area (Å²) in [6.07, 6.45) is 4.30. The molecule has 1 aromatic carbocycles. The minimum Gasteiger partial charge on any atom is -0.355 e. The summed E-state index contributed by atoms with van der Waals surface area (Å²) in [7, 11) is 0. The second kappa shape index (κ2) is 7.53. The van der Waals surface area contributed by atoms with Gasteiger partial charge in [0.25, 0.3) is 0 Å². The minimum absolute atomic E-state index is 0.0924. The second-order valence-corrected chi connectivity index (χ2v) is 7.18. The molecule has 3 rings (SSSR count). The number of hydrogen-bond acceptors (Lipinski definition) is 3. The summed E-state index contributed by atoms with van der Waals surface area (Å²) in [5.74, 6) is 0.960. The van der Waals surface area contributed by atoms with Gasteiger partial charge in [0.15, 0.2) is 0 Å². The van der Waals surface area contributed by atoms with Crippen LogP contribution < -0.4 is 5.32 Å². The molecule has 2 heterocycles. The summed E-state index contributed by atoms with van der Waals surface area (Å²) in [4.78, 5) is 22.3. The van der Waals surface area contributed by atoms with Crippen molar-refractivity contribution in [2.45, 2.75) is 51.6 Å².